The number of nitrogens with zero attached hydrogens (tertiary/aromatic N) is 2. The Hall–Kier alpha value is -2.24. The van der Waals surface area contributed by atoms with E-state index in [0.29, 0.717) is 25.0 Å². The van der Waals surface area contributed by atoms with Crippen LogP contribution in [0.1, 0.15) is 103 Å². The van der Waals surface area contributed by atoms with E-state index in [2.05, 4.69) is 32.7 Å². The molecule has 0 N–H and O–H groups in total. The molecule has 0 radical (unpaired) electrons. The lowest BCUT2D eigenvalue weighted by Crippen LogP contribution is -2.34. The molecule has 2 aromatic rings. The predicted molar refractivity (Wildman–Crippen MR) is 124 cm³/mol. The summed E-state index contributed by atoms with van der Waals surface area (Å²) in [4.78, 5) is 2.81. The summed E-state index contributed by atoms with van der Waals surface area (Å²) in [6.07, 6.45) is 1.74. The SMILES string of the molecule is CCC1(CC)CC(C)(C)[N+](c2c(C(C)C)cccc2C(C)C)=C1c1c(F)c(F)nc(F)c1F. The van der Waals surface area contributed by atoms with Gasteiger partial charge in [0.1, 0.15) is 5.56 Å². The molecule has 1 aliphatic rings. The molecule has 2 heterocycles. The van der Waals surface area contributed by atoms with Crippen LogP contribution in [0.15, 0.2) is 18.2 Å². The average molecular weight is 464 g/mol. The van der Waals surface area contributed by atoms with Gasteiger partial charge in [-0.1, -0.05) is 59.7 Å². The molecule has 1 aliphatic heterocycles. The zero-order chi connectivity index (χ0) is 24.9. The summed E-state index contributed by atoms with van der Waals surface area (Å²) in [6, 6.07) is 6.05. The molecule has 0 spiro atoms. The highest BCUT2D eigenvalue weighted by molar-refractivity contribution is 6.03. The van der Waals surface area contributed by atoms with Crippen molar-refractivity contribution >= 4 is 11.4 Å². The highest BCUT2D eigenvalue weighted by Gasteiger charge is 2.58. The van der Waals surface area contributed by atoms with Gasteiger partial charge in [0.05, 0.1) is 5.41 Å². The van der Waals surface area contributed by atoms with E-state index in [1.807, 2.05) is 50.5 Å². The Morgan fingerprint density at radius 1 is 0.879 bits per heavy atom. The van der Waals surface area contributed by atoms with E-state index in [1.54, 1.807) is 0 Å². The number of aromatic nitrogens is 1. The second-order valence-electron chi connectivity index (χ2n) is 10.5. The van der Waals surface area contributed by atoms with Crippen LogP contribution in [0.3, 0.4) is 0 Å². The van der Waals surface area contributed by atoms with Gasteiger partial charge in [-0.05, 0) is 24.7 Å². The number of rotatable bonds is 6. The van der Waals surface area contributed by atoms with Gasteiger partial charge in [0.25, 0.3) is 11.9 Å². The van der Waals surface area contributed by atoms with Crippen molar-refractivity contribution in [2.24, 2.45) is 5.41 Å². The standard InChI is InChI=1S/C27H35F4N2/c1-9-27(10-2)14-26(7,8)33(22-17(15(3)4)12-11-13-18(22)16(5)6)23(27)19-20(28)24(30)32-25(31)21(19)29/h11-13,15-16H,9-10,14H2,1-8H3/q+1. The Bertz CT molecular complexity index is 1040. The highest BCUT2D eigenvalue weighted by atomic mass is 19.2. The molecule has 3 rings (SSSR count). The van der Waals surface area contributed by atoms with Gasteiger partial charge in [-0.3, -0.25) is 0 Å². The van der Waals surface area contributed by atoms with Crippen LogP contribution in [0.5, 0.6) is 0 Å². The minimum atomic E-state index is -1.62. The van der Waals surface area contributed by atoms with Crippen LogP contribution < -0.4 is 0 Å². The third-order valence-corrected chi connectivity index (χ3v) is 7.26. The van der Waals surface area contributed by atoms with E-state index in [1.165, 1.54) is 0 Å². The fourth-order valence-electron chi connectivity index (χ4n) is 5.62. The van der Waals surface area contributed by atoms with E-state index in [-0.39, 0.29) is 11.8 Å². The lowest BCUT2D eigenvalue weighted by Gasteiger charge is -2.25. The Kier molecular flexibility index (Phi) is 6.80. The number of halogens is 4. The molecular weight excluding hydrogens is 428 g/mol. The van der Waals surface area contributed by atoms with E-state index in [9.17, 15) is 8.78 Å². The molecule has 0 fully saturated rings. The van der Waals surface area contributed by atoms with E-state index >= 15 is 8.78 Å². The van der Waals surface area contributed by atoms with Gasteiger partial charge in [-0.15, -0.1) is 0 Å². The molecule has 0 amide bonds. The molecule has 2 nitrogen and oxygen atoms in total. The molecule has 0 bridgehead atoms. The summed E-state index contributed by atoms with van der Waals surface area (Å²) in [5, 5.41) is 0. The highest BCUT2D eigenvalue weighted by Crippen LogP contribution is 2.51. The second kappa shape index (κ2) is 8.84. The zero-order valence-corrected chi connectivity index (χ0v) is 20.9. The molecule has 0 saturated heterocycles. The van der Waals surface area contributed by atoms with Crippen molar-refractivity contribution in [3.8, 4) is 0 Å². The average Bonchev–Trinajstić information content (AvgIpc) is 2.98. The molecular formula is C27H35F4N2+. The molecule has 180 valence electrons. The summed E-state index contributed by atoms with van der Waals surface area (Å²) < 4.78 is 61.2. The van der Waals surface area contributed by atoms with Crippen LogP contribution in [0.2, 0.25) is 0 Å². The van der Waals surface area contributed by atoms with Gasteiger partial charge < -0.3 is 0 Å². The monoisotopic (exact) mass is 463 g/mol. The van der Waals surface area contributed by atoms with Crippen LogP contribution >= 0.6 is 0 Å². The Morgan fingerprint density at radius 2 is 1.33 bits per heavy atom. The fourth-order valence-corrected chi connectivity index (χ4v) is 5.62. The maximum Gasteiger partial charge on any atom is 0.252 e. The number of para-hydroxylation sites is 1. The molecule has 33 heavy (non-hydrogen) atoms. The first kappa shape index (κ1) is 25.4. The van der Waals surface area contributed by atoms with Crippen LogP contribution in [-0.4, -0.2) is 20.8 Å². The Morgan fingerprint density at radius 3 is 1.73 bits per heavy atom. The first-order valence-corrected chi connectivity index (χ1v) is 11.8. The summed E-state index contributed by atoms with van der Waals surface area (Å²) in [5.41, 5.74) is 1.40. The molecule has 6 heteroatoms. The first-order chi connectivity index (χ1) is 15.3. The van der Waals surface area contributed by atoms with Gasteiger partial charge in [0, 0.05) is 31.4 Å². The summed E-state index contributed by atoms with van der Waals surface area (Å²) in [7, 11) is 0. The largest absolute Gasteiger partial charge is 0.252 e. The first-order valence-electron chi connectivity index (χ1n) is 11.8. The maximum atomic E-state index is 15.3. The van der Waals surface area contributed by atoms with Crippen molar-refractivity contribution in [3.05, 3.63) is 58.4 Å². The van der Waals surface area contributed by atoms with Crippen LogP contribution in [0.25, 0.3) is 0 Å². The molecule has 0 unspecified atom stereocenters. The number of hydrogen-bond donors (Lipinski definition) is 0. The fraction of sp³-hybridized carbons (Fsp3) is 0.556. The molecule has 0 aliphatic carbocycles. The third-order valence-electron chi connectivity index (χ3n) is 7.26. The predicted octanol–water partition coefficient (Wildman–Crippen LogP) is 8.01. The summed E-state index contributed by atoms with van der Waals surface area (Å²) in [5.74, 6) is -5.85. The van der Waals surface area contributed by atoms with E-state index in [0.717, 1.165) is 16.8 Å². The molecule has 0 saturated carbocycles. The number of pyridine rings is 1. The second-order valence-corrected chi connectivity index (χ2v) is 10.5. The van der Waals surface area contributed by atoms with E-state index in [4.69, 9.17) is 0 Å². The van der Waals surface area contributed by atoms with Crippen molar-refractivity contribution < 1.29 is 22.1 Å². The van der Waals surface area contributed by atoms with Crippen molar-refractivity contribution in [2.75, 3.05) is 0 Å². The van der Waals surface area contributed by atoms with E-state index < -0.39 is 40.0 Å². The minimum absolute atomic E-state index is 0.134. The molecule has 0 atom stereocenters. The van der Waals surface area contributed by atoms with Crippen LogP contribution in [0, 0.1) is 28.9 Å². The lowest BCUT2D eigenvalue weighted by atomic mass is 9.71. The maximum absolute atomic E-state index is 15.3. The van der Waals surface area contributed by atoms with Crippen molar-refractivity contribution in [1.29, 1.82) is 0 Å². The number of benzene rings is 1. The molecule has 1 aromatic carbocycles. The van der Waals surface area contributed by atoms with Gasteiger partial charge in [0.15, 0.2) is 17.2 Å². The zero-order valence-electron chi connectivity index (χ0n) is 20.9. The lowest BCUT2D eigenvalue weighted by molar-refractivity contribution is -0.516. The van der Waals surface area contributed by atoms with Gasteiger partial charge in [0.2, 0.25) is 11.4 Å². The third kappa shape index (κ3) is 4.00. The quantitative estimate of drug-likeness (QED) is 0.241. The van der Waals surface area contributed by atoms with Crippen LogP contribution in [0.4, 0.5) is 23.2 Å². The normalized spacial score (nSPS) is 17.5. The van der Waals surface area contributed by atoms with Crippen molar-refractivity contribution in [2.45, 2.75) is 92.0 Å². The molecule has 1 aromatic heterocycles. The van der Waals surface area contributed by atoms with Gasteiger partial charge in [-0.25, -0.2) is 8.78 Å². The smallest absolute Gasteiger partial charge is 0.201 e. The number of hydrogen-bond acceptors (Lipinski definition) is 1. The van der Waals surface area contributed by atoms with Gasteiger partial charge in [-0.2, -0.15) is 18.3 Å². The Balaban J connectivity index is 2.65. The Labute approximate surface area is 194 Å². The van der Waals surface area contributed by atoms with Crippen molar-refractivity contribution in [1.82, 2.24) is 4.98 Å². The topological polar surface area (TPSA) is 15.9 Å². The minimum Gasteiger partial charge on any atom is -0.201 e. The summed E-state index contributed by atoms with van der Waals surface area (Å²) >= 11 is 0. The van der Waals surface area contributed by atoms with Gasteiger partial charge >= 0.3 is 0 Å². The van der Waals surface area contributed by atoms with Crippen molar-refractivity contribution in [3.63, 3.8) is 0 Å². The summed E-state index contributed by atoms with van der Waals surface area (Å²) in [6.45, 7) is 16.3. The van der Waals surface area contributed by atoms with Crippen LogP contribution in [-0.2, 0) is 0 Å².